The van der Waals surface area contributed by atoms with Crippen molar-refractivity contribution < 1.29 is 9.18 Å². The number of rotatable bonds is 7. The molecule has 0 bridgehead atoms. The Labute approximate surface area is 206 Å². The van der Waals surface area contributed by atoms with E-state index in [1.54, 1.807) is 36.5 Å². The molecule has 0 fully saturated rings. The van der Waals surface area contributed by atoms with Gasteiger partial charge in [0.05, 0.1) is 17.5 Å². The molecule has 174 valence electrons. The molecule has 0 radical (unpaired) electrons. The van der Waals surface area contributed by atoms with Crippen LogP contribution in [0, 0.1) is 12.7 Å². The normalized spacial score (nSPS) is 11.9. The van der Waals surface area contributed by atoms with Crippen LogP contribution in [0.1, 0.15) is 24.1 Å². The molecule has 6 nitrogen and oxygen atoms in total. The van der Waals surface area contributed by atoms with Gasteiger partial charge in [0.25, 0.3) is 0 Å². The van der Waals surface area contributed by atoms with E-state index in [1.165, 1.54) is 23.9 Å². The molecule has 0 aliphatic heterocycles. The van der Waals surface area contributed by atoms with Crippen LogP contribution in [0.25, 0.3) is 17.1 Å². The van der Waals surface area contributed by atoms with Crippen LogP contribution in [0.3, 0.4) is 0 Å². The van der Waals surface area contributed by atoms with Crippen LogP contribution in [0.15, 0.2) is 72.1 Å². The van der Waals surface area contributed by atoms with E-state index in [9.17, 15) is 9.18 Å². The molecule has 2 heterocycles. The molecule has 0 saturated carbocycles. The van der Waals surface area contributed by atoms with Crippen molar-refractivity contribution in [1.82, 2.24) is 24.6 Å². The van der Waals surface area contributed by atoms with Gasteiger partial charge in [0.15, 0.2) is 11.0 Å². The molecule has 4 aromatic rings. The largest absolute Gasteiger partial charge is 0.338 e. The maximum absolute atomic E-state index is 13.3. The van der Waals surface area contributed by atoms with Crippen LogP contribution in [-0.4, -0.2) is 43.4 Å². The number of pyridine rings is 1. The molecule has 1 atom stereocenters. The fourth-order valence-electron chi connectivity index (χ4n) is 3.52. The van der Waals surface area contributed by atoms with Gasteiger partial charge in [-0.2, -0.15) is 0 Å². The number of halogens is 2. The van der Waals surface area contributed by atoms with Gasteiger partial charge in [-0.25, -0.2) is 4.39 Å². The first-order valence-corrected chi connectivity index (χ1v) is 12.0. The van der Waals surface area contributed by atoms with Gasteiger partial charge in [0.1, 0.15) is 5.82 Å². The van der Waals surface area contributed by atoms with Crippen molar-refractivity contribution in [3.05, 3.63) is 89.0 Å². The zero-order valence-corrected chi connectivity index (χ0v) is 20.5. The van der Waals surface area contributed by atoms with E-state index < -0.39 is 0 Å². The van der Waals surface area contributed by atoms with Gasteiger partial charge in [-0.3, -0.25) is 14.3 Å². The lowest BCUT2D eigenvalue weighted by molar-refractivity contribution is -0.128. The summed E-state index contributed by atoms with van der Waals surface area (Å²) in [5.41, 5.74) is 3.43. The van der Waals surface area contributed by atoms with E-state index in [0.717, 1.165) is 22.4 Å². The molecular formula is C25H23ClFN5OS. The van der Waals surface area contributed by atoms with Gasteiger partial charge in [0, 0.05) is 30.0 Å². The Kier molecular flexibility index (Phi) is 7.29. The highest BCUT2D eigenvalue weighted by Gasteiger charge is 2.22. The molecule has 0 N–H and O–H groups in total. The van der Waals surface area contributed by atoms with Gasteiger partial charge in [0.2, 0.25) is 5.91 Å². The van der Waals surface area contributed by atoms with Gasteiger partial charge in [-0.05, 0) is 61.4 Å². The second-order valence-corrected chi connectivity index (χ2v) is 9.13. The molecule has 4 rings (SSSR count). The molecule has 2 aromatic carbocycles. The summed E-state index contributed by atoms with van der Waals surface area (Å²) in [7, 11) is 1.74. The van der Waals surface area contributed by atoms with Crippen molar-refractivity contribution in [2.24, 2.45) is 0 Å². The second kappa shape index (κ2) is 10.4. The number of nitrogens with zero attached hydrogens (tertiary/aromatic N) is 5. The van der Waals surface area contributed by atoms with Crippen molar-refractivity contribution >= 4 is 29.3 Å². The Balaban J connectivity index is 1.61. The SMILES string of the molecule is Cc1c(Cl)cccc1-n1c(SCC(=O)N(C)[C@H](C)c2ccc(F)cc2)nnc1-c1ccncc1. The highest BCUT2D eigenvalue weighted by molar-refractivity contribution is 7.99. The van der Waals surface area contributed by atoms with Gasteiger partial charge < -0.3 is 4.90 Å². The second-order valence-electron chi connectivity index (χ2n) is 7.78. The van der Waals surface area contributed by atoms with Gasteiger partial charge in [-0.1, -0.05) is 41.6 Å². The Hall–Kier alpha value is -3.23. The third-order valence-electron chi connectivity index (χ3n) is 5.70. The van der Waals surface area contributed by atoms with E-state index in [4.69, 9.17) is 11.6 Å². The number of amides is 1. The fraction of sp³-hybridized carbons (Fsp3) is 0.200. The number of thioether (sulfide) groups is 1. The Morgan fingerprint density at radius 2 is 1.82 bits per heavy atom. The van der Waals surface area contributed by atoms with Crippen LogP contribution in [0.2, 0.25) is 5.02 Å². The summed E-state index contributed by atoms with van der Waals surface area (Å²) in [6, 6.07) is 15.4. The van der Waals surface area contributed by atoms with Crippen LogP contribution in [0.5, 0.6) is 0 Å². The average molecular weight is 496 g/mol. The summed E-state index contributed by atoms with van der Waals surface area (Å²) in [4.78, 5) is 18.7. The summed E-state index contributed by atoms with van der Waals surface area (Å²) >= 11 is 7.70. The highest BCUT2D eigenvalue weighted by atomic mass is 35.5. The minimum atomic E-state index is -0.305. The maximum atomic E-state index is 13.3. The molecule has 0 saturated heterocycles. The number of carbonyl (C=O) groups excluding carboxylic acids is 1. The molecule has 0 aliphatic carbocycles. The van der Waals surface area contributed by atoms with Crippen LogP contribution >= 0.6 is 23.4 Å². The lowest BCUT2D eigenvalue weighted by Crippen LogP contribution is -2.31. The molecule has 0 spiro atoms. The number of benzene rings is 2. The number of aromatic nitrogens is 4. The minimum Gasteiger partial charge on any atom is -0.338 e. The summed E-state index contributed by atoms with van der Waals surface area (Å²) in [6.07, 6.45) is 3.39. The van der Waals surface area contributed by atoms with Gasteiger partial charge >= 0.3 is 0 Å². The minimum absolute atomic E-state index is 0.0790. The van der Waals surface area contributed by atoms with Gasteiger partial charge in [-0.15, -0.1) is 10.2 Å². The first-order chi connectivity index (χ1) is 16.4. The Morgan fingerprint density at radius 3 is 2.53 bits per heavy atom. The fourth-order valence-corrected chi connectivity index (χ4v) is 4.55. The van der Waals surface area contributed by atoms with Crippen LogP contribution < -0.4 is 0 Å². The monoisotopic (exact) mass is 495 g/mol. The van der Waals surface area contributed by atoms with Crippen molar-refractivity contribution in [3.63, 3.8) is 0 Å². The highest BCUT2D eigenvalue weighted by Crippen LogP contribution is 2.32. The number of carbonyl (C=O) groups is 1. The third-order valence-corrected chi connectivity index (χ3v) is 7.03. The van der Waals surface area contributed by atoms with E-state index in [1.807, 2.05) is 48.7 Å². The van der Waals surface area contributed by atoms with Crippen molar-refractivity contribution in [1.29, 1.82) is 0 Å². The summed E-state index contributed by atoms with van der Waals surface area (Å²) in [6.45, 7) is 3.85. The lowest BCUT2D eigenvalue weighted by atomic mass is 10.1. The van der Waals surface area contributed by atoms with Crippen molar-refractivity contribution in [2.45, 2.75) is 25.0 Å². The Bertz CT molecular complexity index is 1300. The first-order valence-electron chi connectivity index (χ1n) is 10.6. The summed E-state index contributed by atoms with van der Waals surface area (Å²) in [5.74, 6) is 0.414. The lowest BCUT2D eigenvalue weighted by Gasteiger charge is -2.25. The summed E-state index contributed by atoms with van der Waals surface area (Å²) < 4.78 is 15.2. The van der Waals surface area contributed by atoms with Crippen LogP contribution in [0.4, 0.5) is 4.39 Å². The number of hydrogen-bond donors (Lipinski definition) is 0. The van der Waals surface area contributed by atoms with E-state index >= 15 is 0 Å². The molecule has 9 heteroatoms. The standard InChI is InChI=1S/C25H23ClFN5OS/c1-16-21(26)5-4-6-22(16)32-24(19-11-13-28-14-12-19)29-30-25(32)34-15-23(33)31(3)17(2)18-7-9-20(27)10-8-18/h4-14,17H,15H2,1-3H3/t17-/m1/s1. The average Bonchev–Trinajstić information content (AvgIpc) is 3.28. The quantitative estimate of drug-likeness (QED) is 0.306. The summed E-state index contributed by atoms with van der Waals surface area (Å²) in [5, 5.41) is 10.0. The zero-order chi connectivity index (χ0) is 24.2. The topological polar surface area (TPSA) is 63.9 Å². The maximum Gasteiger partial charge on any atom is 0.233 e. The smallest absolute Gasteiger partial charge is 0.233 e. The van der Waals surface area contributed by atoms with Crippen LogP contribution in [-0.2, 0) is 4.79 Å². The molecule has 0 unspecified atom stereocenters. The Morgan fingerprint density at radius 1 is 1.12 bits per heavy atom. The molecular weight excluding hydrogens is 473 g/mol. The molecule has 1 amide bonds. The van der Waals surface area contributed by atoms with E-state index in [0.29, 0.717) is 16.0 Å². The van der Waals surface area contributed by atoms with E-state index in [2.05, 4.69) is 15.2 Å². The molecule has 34 heavy (non-hydrogen) atoms. The molecule has 2 aromatic heterocycles. The third kappa shape index (κ3) is 4.98. The predicted molar refractivity (Wildman–Crippen MR) is 133 cm³/mol. The van der Waals surface area contributed by atoms with Crippen molar-refractivity contribution in [3.8, 4) is 17.1 Å². The van der Waals surface area contributed by atoms with E-state index in [-0.39, 0.29) is 23.5 Å². The van der Waals surface area contributed by atoms with Crippen molar-refractivity contribution in [2.75, 3.05) is 12.8 Å². The predicted octanol–water partition coefficient (Wildman–Crippen LogP) is 5.74. The first kappa shape index (κ1) is 23.9. The molecule has 0 aliphatic rings. The number of hydrogen-bond acceptors (Lipinski definition) is 5. The zero-order valence-electron chi connectivity index (χ0n) is 18.9.